The van der Waals surface area contributed by atoms with Crippen molar-refractivity contribution in [3.05, 3.63) is 95.7 Å². The summed E-state index contributed by atoms with van der Waals surface area (Å²) in [5.74, 6) is 2.96. The van der Waals surface area contributed by atoms with Gasteiger partial charge in [-0.2, -0.15) is 5.10 Å². The first kappa shape index (κ1) is 25.7. The standard InChI is InChI=1S/C30H30N4O5/c1-5-39-22-15-11-20(12-16-22)32-30(35)24-18-31-34-26(23-7-6-8-27(37-3)28(23)38-4)17-25(33-29(24)34)19-9-13-21(36-2)14-10-19/h6-18,26,33H,5H2,1-4H3,(H,32,35)/t26-/m1/s1. The van der Waals surface area contributed by atoms with Crippen molar-refractivity contribution < 1.29 is 23.7 Å². The van der Waals surface area contributed by atoms with Crippen molar-refractivity contribution in [1.29, 1.82) is 0 Å². The van der Waals surface area contributed by atoms with Gasteiger partial charge in [0.15, 0.2) is 11.5 Å². The molecule has 9 nitrogen and oxygen atoms in total. The van der Waals surface area contributed by atoms with Gasteiger partial charge in [0.05, 0.1) is 34.1 Å². The molecule has 200 valence electrons. The summed E-state index contributed by atoms with van der Waals surface area (Å²) in [5.41, 5.74) is 3.63. The number of amides is 1. The predicted octanol–water partition coefficient (Wildman–Crippen LogP) is 5.62. The zero-order valence-corrected chi connectivity index (χ0v) is 22.2. The molecule has 0 saturated carbocycles. The van der Waals surface area contributed by atoms with Crippen LogP contribution in [0.1, 0.15) is 34.5 Å². The first-order valence-corrected chi connectivity index (χ1v) is 12.5. The monoisotopic (exact) mass is 526 g/mol. The van der Waals surface area contributed by atoms with Gasteiger partial charge in [-0.1, -0.05) is 12.1 Å². The number of aromatic nitrogens is 2. The molecule has 0 spiro atoms. The minimum Gasteiger partial charge on any atom is -0.497 e. The zero-order valence-electron chi connectivity index (χ0n) is 22.2. The molecule has 9 heteroatoms. The van der Waals surface area contributed by atoms with Crippen LogP contribution in [0.4, 0.5) is 11.5 Å². The molecule has 1 aliphatic heterocycles. The van der Waals surface area contributed by atoms with E-state index in [9.17, 15) is 4.79 Å². The van der Waals surface area contributed by atoms with Crippen LogP contribution in [0.3, 0.4) is 0 Å². The number of methoxy groups -OCH3 is 3. The van der Waals surface area contributed by atoms with E-state index in [1.54, 1.807) is 44.3 Å². The minimum absolute atomic E-state index is 0.291. The number of carbonyl (C=O) groups excluding carboxylic acids is 1. The third kappa shape index (κ3) is 5.11. The lowest BCUT2D eigenvalue weighted by Gasteiger charge is -2.27. The number of para-hydroxylation sites is 1. The number of hydrogen-bond acceptors (Lipinski definition) is 7. The van der Waals surface area contributed by atoms with Gasteiger partial charge >= 0.3 is 0 Å². The smallest absolute Gasteiger partial charge is 0.261 e. The number of allylic oxidation sites excluding steroid dienone is 1. The van der Waals surface area contributed by atoms with Crippen LogP contribution in [0.15, 0.2) is 79.0 Å². The van der Waals surface area contributed by atoms with Crippen molar-refractivity contribution in [3.63, 3.8) is 0 Å². The first-order valence-electron chi connectivity index (χ1n) is 12.5. The molecule has 0 fully saturated rings. The van der Waals surface area contributed by atoms with Crippen LogP contribution in [-0.4, -0.2) is 43.6 Å². The third-order valence-corrected chi connectivity index (χ3v) is 6.46. The summed E-state index contributed by atoms with van der Waals surface area (Å²) in [7, 11) is 4.84. The molecular weight excluding hydrogens is 496 g/mol. The number of benzene rings is 3. The van der Waals surface area contributed by atoms with Crippen LogP contribution in [0.25, 0.3) is 5.70 Å². The molecule has 1 aliphatic rings. The fourth-order valence-electron chi connectivity index (χ4n) is 4.57. The second-order valence-electron chi connectivity index (χ2n) is 8.72. The molecular formula is C30H30N4O5. The topological polar surface area (TPSA) is 95.9 Å². The maximum absolute atomic E-state index is 13.4. The van der Waals surface area contributed by atoms with Crippen LogP contribution in [0.2, 0.25) is 0 Å². The van der Waals surface area contributed by atoms with Crippen LogP contribution in [0, 0.1) is 0 Å². The summed E-state index contributed by atoms with van der Waals surface area (Å²) in [6, 6.07) is 20.3. The molecule has 2 N–H and O–H groups in total. The van der Waals surface area contributed by atoms with Gasteiger partial charge in [0.25, 0.3) is 5.91 Å². The highest BCUT2D eigenvalue weighted by atomic mass is 16.5. The number of ether oxygens (including phenoxy) is 4. The largest absolute Gasteiger partial charge is 0.497 e. The molecule has 0 unspecified atom stereocenters. The first-order chi connectivity index (χ1) is 19.1. The average Bonchev–Trinajstić information content (AvgIpc) is 3.41. The van der Waals surface area contributed by atoms with E-state index in [0.717, 1.165) is 28.3 Å². The molecule has 39 heavy (non-hydrogen) atoms. The number of rotatable bonds is 9. The quantitative estimate of drug-likeness (QED) is 0.292. The summed E-state index contributed by atoms with van der Waals surface area (Å²) in [6.45, 7) is 2.50. The van der Waals surface area contributed by atoms with E-state index in [2.05, 4.69) is 15.7 Å². The molecule has 0 radical (unpaired) electrons. The molecule has 3 aromatic carbocycles. The highest BCUT2D eigenvalue weighted by molar-refractivity contribution is 6.08. The molecule has 4 aromatic rings. The molecule has 1 amide bonds. The Balaban J connectivity index is 1.55. The van der Waals surface area contributed by atoms with E-state index in [0.29, 0.717) is 35.2 Å². The SMILES string of the molecule is CCOc1ccc(NC(=O)c2cnn3c2NC(c2ccc(OC)cc2)=C[C@@H]3c2cccc(OC)c2OC)cc1. The second-order valence-corrected chi connectivity index (χ2v) is 8.72. The molecule has 1 aromatic heterocycles. The van der Waals surface area contributed by atoms with Gasteiger partial charge in [-0.05, 0) is 73.2 Å². The van der Waals surface area contributed by atoms with Crippen molar-refractivity contribution in [2.75, 3.05) is 38.6 Å². The lowest BCUT2D eigenvalue weighted by atomic mass is 9.99. The van der Waals surface area contributed by atoms with E-state index >= 15 is 0 Å². The fourth-order valence-corrected chi connectivity index (χ4v) is 4.57. The zero-order chi connectivity index (χ0) is 27.4. The van der Waals surface area contributed by atoms with E-state index in [4.69, 9.17) is 18.9 Å². The van der Waals surface area contributed by atoms with Crippen LogP contribution < -0.4 is 29.6 Å². The Morgan fingerprint density at radius 1 is 0.949 bits per heavy atom. The van der Waals surface area contributed by atoms with Crippen molar-refractivity contribution in [1.82, 2.24) is 9.78 Å². The summed E-state index contributed by atoms with van der Waals surface area (Å²) in [5, 5.41) is 11.0. The summed E-state index contributed by atoms with van der Waals surface area (Å²) < 4.78 is 23.9. The van der Waals surface area contributed by atoms with E-state index in [-0.39, 0.29) is 11.9 Å². The number of nitrogens with zero attached hydrogens (tertiary/aromatic N) is 2. The average molecular weight is 527 g/mol. The van der Waals surface area contributed by atoms with Crippen LogP contribution in [-0.2, 0) is 0 Å². The van der Waals surface area contributed by atoms with Crippen LogP contribution >= 0.6 is 0 Å². The summed E-state index contributed by atoms with van der Waals surface area (Å²) in [4.78, 5) is 13.4. The van der Waals surface area contributed by atoms with Crippen LogP contribution in [0.5, 0.6) is 23.0 Å². The van der Waals surface area contributed by atoms with Crippen molar-refractivity contribution in [2.45, 2.75) is 13.0 Å². The molecule has 1 atom stereocenters. The highest BCUT2D eigenvalue weighted by Gasteiger charge is 2.30. The highest BCUT2D eigenvalue weighted by Crippen LogP contribution is 2.42. The van der Waals surface area contributed by atoms with E-state index in [1.807, 2.05) is 67.6 Å². The maximum Gasteiger partial charge on any atom is 0.261 e. The van der Waals surface area contributed by atoms with Gasteiger partial charge in [-0.25, -0.2) is 4.68 Å². The van der Waals surface area contributed by atoms with Crippen molar-refractivity contribution >= 4 is 23.1 Å². The molecule has 0 aliphatic carbocycles. The van der Waals surface area contributed by atoms with Gasteiger partial charge in [0.2, 0.25) is 0 Å². The van der Waals surface area contributed by atoms with E-state index < -0.39 is 0 Å². The summed E-state index contributed by atoms with van der Waals surface area (Å²) in [6.07, 6.45) is 3.62. The number of hydrogen-bond donors (Lipinski definition) is 2. The Bertz CT molecular complexity index is 1490. The van der Waals surface area contributed by atoms with Gasteiger partial charge in [0, 0.05) is 16.9 Å². The van der Waals surface area contributed by atoms with Gasteiger partial charge in [0.1, 0.15) is 28.9 Å². The second kappa shape index (κ2) is 11.2. The number of anilines is 2. The normalized spacial score (nSPS) is 13.9. The Morgan fingerprint density at radius 2 is 1.69 bits per heavy atom. The molecule has 5 rings (SSSR count). The Labute approximate surface area is 227 Å². The summed E-state index contributed by atoms with van der Waals surface area (Å²) >= 11 is 0. The number of fused-ring (bicyclic) bond motifs is 1. The predicted molar refractivity (Wildman–Crippen MR) is 150 cm³/mol. The lowest BCUT2D eigenvalue weighted by molar-refractivity contribution is 0.102. The Kier molecular flexibility index (Phi) is 7.40. The molecule has 0 bridgehead atoms. The number of carbonyl (C=O) groups is 1. The van der Waals surface area contributed by atoms with Gasteiger partial charge in [-0.3, -0.25) is 4.79 Å². The van der Waals surface area contributed by atoms with Gasteiger partial charge in [-0.15, -0.1) is 0 Å². The Hall–Kier alpha value is -4.92. The fraction of sp³-hybridized carbons (Fsp3) is 0.200. The van der Waals surface area contributed by atoms with Crippen molar-refractivity contribution in [2.24, 2.45) is 0 Å². The van der Waals surface area contributed by atoms with E-state index in [1.165, 1.54) is 0 Å². The lowest BCUT2D eigenvalue weighted by Crippen LogP contribution is -2.22. The number of nitrogens with one attached hydrogen (secondary N) is 2. The van der Waals surface area contributed by atoms with Gasteiger partial charge < -0.3 is 29.6 Å². The molecule has 2 heterocycles. The minimum atomic E-state index is -0.379. The molecule has 0 saturated heterocycles. The Morgan fingerprint density at radius 3 is 2.36 bits per heavy atom. The van der Waals surface area contributed by atoms with Crippen molar-refractivity contribution in [3.8, 4) is 23.0 Å². The third-order valence-electron chi connectivity index (χ3n) is 6.46. The maximum atomic E-state index is 13.4.